The van der Waals surface area contributed by atoms with Gasteiger partial charge in [-0.2, -0.15) is 0 Å². The number of carbonyl (C=O) groups excluding carboxylic acids is 2. The van der Waals surface area contributed by atoms with E-state index in [4.69, 9.17) is 11.6 Å². The number of rotatable bonds is 5. The molecule has 1 aliphatic rings. The standard InChI is InChI=1S/C26H17Br2ClN2O2S/c27-19-5-1-16(2-6-19)13-30-15-18(22-12-20(28)7-10-23(22)30)11-24-25(32)31(26(33)34-24)14-17-3-8-21(29)9-4-17/h1-12,15H,13-14H2/b24-11-. The summed E-state index contributed by atoms with van der Waals surface area (Å²) >= 11 is 14.0. The highest BCUT2D eigenvalue weighted by Gasteiger charge is 2.35. The maximum Gasteiger partial charge on any atom is 0.293 e. The predicted octanol–water partition coefficient (Wildman–Crippen LogP) is 8.10. The summed E-state index contributed by atoms with van der Waals surface area (Å²) in [6, 6.07) is 21.5. The maximum atomic E-state index is 13.1. The van der Waals surface area contributed by atoms with Gasteiger partial charge in [0.15, 0.2) is 0 Å². The van der Waals surface area contributed by atoms with E-state index in [-0.39, 0.29) is 17.7 Å². The zero-order valence-corrected chi connectivity index (χ0v) is 22.4. The smallest absolute Gasteiger partial charge is 0.293 e. The van der Waals surface area contributed by atoms with Gasteiger partial charge in [0.2, 0.25) is 0 Å². The summed E-state index contributed by atoms with van der Waals surface area (Å²) < 4.78 is 4.15. The summed E-state index contributed by atoms with van der Waals surface area (Å²) in [7, 11) is 0. The van der Waals surface area contributed by atoms with Gasteiger partial charge in [0, 0.05) is 43.2 Å². The highest BCUT2D eigenvalue weighted by Crippen LogP contribution is 2.36. The highest BCUT2D eigenvalue weighted by atomic mass is 79.9. The van der Waals surface area contributed by atoms with Crippen molar-refractivity contribution in [3.63, 3.8) is 0 Å². The number of fused-ring (bicyclic) bond motifs is 1. The second-order valence-corrected chi connectivity index (χ2v) is 11.2. The molecule has 4 aromatic rings. The van der Waals surface area contributed by atoms with Gasteiger partial charge in [0.1, 0.15) is 0 Å². The lowest BCUT2D eigenvalue weighted by atomic mass is 10.1. The fourth-order valence-electron chi connectivity index (χ4n) is 3.88. The topological polar surface area (TPSA) is 42.3 Å². The molecule has 4 nitrogen and oxygen atoms in total. The molecular formula is C26H17Br2ClN2O2S. The molecule has 0 saturated carbocycles. The van der Waals surface area contributed by atoms with E-state index in [0.29, 0.717) is 16.5 Å². The number of imide groups is 1. The van der Waals surface area contributed by atoms with Crippen LogP contribution in [0, 0.1) is 0 Å². The Morgan fingerprint density at radius 1 is 0.853 bits per heavy atom. The van der Waals surface area contributed by atoms with Crippen molar-refractivity contribution in [2.75, 3.05) is 0 Å². The van der Waals surface area contributed by atoms with Gasteiger partial charge < -0.3 is 4.57 Å². The van der Waals surface area contributed by atoms with Crippen molar-refractivity contribution in [2.45, 2.75) is 13.1 Å². The number of hydrogen-bond acceptors (Lipinski definition) is 3. The molecule has 0 bridgehead atoms. The molecule has 0 aliphatic carbocycles. The van der Waals surface area contributed by atoms with E-state index in [2.05, 4.69) is 54.6 Å². The van der Waals surface area contributed by atoms with Gasteiger partial charge in [-0.3, -0.25) is 14.5 Å². The summed E-state index contributed by atoms with van der Waals surface area (Å²) in [5.41, 5.74) is 3.96. The van der Waals surface area contributed by atoms with E-state index < -0.39 is 0 Å². The van der Waals surface area contributed by atoms with E-state index in [1.807, 2.05) is 48.7 Å². The van der Waals surface area contributed by atoms with Crippen LogP contribution in [-0.2, 0) is 17.9 Å². The lowest BCUT2D eigenvalue weighted by molar-refractivity contribution is -0.123. The molecule has 5 rings (SSSR count). The number of aromatic nitrogens is 1. The van der Waals surface area contributed by atoms with E-state index >= 15 is 0 Å². The molecule has 170 valence electrons. The van der Waals surface area contributed by atoms with Gasteiger partial charge in [-0.15, -0.1) is 0 Å². The molecule has 0 spiro atoms. The van der Waals surface area contributed by atoms with Crippen LogP contribution in [0.1, 0.15) is 16.7 Å². The third-order valence-corrected chi connectivity index (χ3v) is 7.74. The monoisotopic (exact) mass is 614 g/mol. The number of amides is 2. The normalized spacial score (nSPS) is 15.1. The zero-order chi connectivity index (χ0) is 23.8. The van der Waals surface area contributed by atoms with Gasteiger partial charge >= 0.3 is 0 Å². The van der Waals surface area contributed by atoms with Crippen LogP contribution in [0.3, 0.4) is 0 Å². The molecule has 1 aromatic heterocycles. The summed E-state index contributed by atoms with van der Waals surface area (Å²) in [4.78, 5) is 27.4. The Morgan fingerprint density at radius 3 is 2.24 bits per heavy atom. The SMILES string of the molecule is O=C1S/C(=C\c2cn(Cc3ccc(Br)cc3)c3ccc(Br)cc23)C(=O)N1Cc1ccc(Cl)cc1. The fourth-order valence-corrected chi connectivity index (χ4v) is 5.46. The number of hydrogen-bond donors (Lipinski definition) is 0. The van der Waals surface area contributed by atoms with Crippen molar-refractivity contribution >= 4 is 83.3 Å². The molecule has 1 aliphatic heterocycles. The minimum atomic E-state index is -0.284. The average Bonchev–Trinajstić information content (AvgIpc) is 3.28. The average molecular weight is 617 g/mol. The summed E-state index contributed by atoms with van der Waals surface area (Å²) in [6.45, 7) is 0.910. The summed E-state index contributed by atoms with van der Waals surface area (Å²) in [5.74, 6) is -0.284. The van der Waals surface area contributed by atoms with Crippen LogP contribution in [0.15, 0.2) is 86.8 Å². The molecule has 8 heteroatoms. The molecule has 0 radical (unpaired) electrons. The molecular weight excluding hydrogens is 600 g/mol. The van der Waals surface area contributed by atoms with Crippen molar-refractivity contribution in [3.05, 3.63) is 108 Å². The van der Waals surface area contributed by atoms with E-state index in [1.165, 1.54) is 4.90 Å². The molecule has 2 amide bonds. The van der Waals surface area contributed by atoms with Gasteiger partial charge in [-0.1, -0.05) is 67.7 Å². The zero-order valence-electron chi connectivity index (χ0n) is 17.7. The molecule has 1 saturated heterocycles. The first-order valence-electron chi connectivity index (χ1n) is 10.4. The Balaban J connectivity index is 1.47. The lowest BCUT2D eigenvalue weighted by Gasteiger charge is -2.12. The van der Waals surface area contributed by atoms with Crippen LogP contribution in [0.2, 0.25) is 5.02 Å². The molecule has 0 N–H and O–H groups in total. The molecule has 2 heterocycles. The van der Waals surface area contributed by atoms with Crippen molar-refractivity contribution in [1.29, 1.82) is 0 Å². The number of thioether (sulfide) groups is 1. The van der Waals surface area contributed by atoms with Crippen molar-refractivity contribution in [3.8, 4) is 0 Å². The maximum absolute atomic E-state index is 13.1. The van der Waals surface area contributed by atoms with Crippen LogP contribution in [0.5, 0.6) is 0 Å². The van der Waals surface area contributed by atoms with Crippen molar-refractivity contribution in [1.82, 2.24) is 9.47 Å². The molecule has 3 aromatic carbocycles. The van der Waals surface area contributed by atoms with E-state index in [0.717, 1.165) is 48.3 Å². The van der Waals surface area contributed by atoms with Crippen molar-refractivity contribution < 1.29 is 9.59 Å². The molecule has 0 atom stereocenters. The quantitative estimate of drug-likeness (QED) is 0.213. The van der Waals surface area contributed by atoms with Gasteiger partial charge in [0.05, 0.1) is 11.4 Å². The Morgan fingerprint density at radius 2 is 1.50 bits per heavy atom. The first-order valence-corrected chi connectivity index (χ1v) is 13.2. The van der Waals surface area contributed by atoms with Gasteiger partial charge in [-0.05, 0) is 71.4 Å². The minimum absolute atomic E-state index is 0.218. The van der Waals surface area contributed by atoms with Crippen LogP contribution < -0.4 is 0 Å². The summed E-state index contributed by atoms with van der Waals surface area (Å²) in [6.07, 6.45) is 3.85. The van der Waals surface area contributed by atoms with E-state index in [1.54, 1.807) is 12.1 Å². The largest absolute Gasteiger partial charge is 0.342 e. The van der Waals surface area contributed by atoms with Crippen LogP contribution >= 0.6 is 55.2 Å². The third kappa shape index (κ3) is 4.89. The second kappa shape index (κ2) is 9.74. The number of halogens is 3. The van der Waals surface area contributed by atoms with Crippen LogP contribution in [0.4, 0.5) is 4.79 Å². The number of nitrogens with zero attached hydrogens (tertiary/aromatic N) is 2. The first-order chi connectivity index (χ1) is 16.4. The van der Waals surface area contributed by atoms with Gasteiger partial charge in [0.25, 0.3) is 11.1 Å². The lowest BCUT2D eigenvalue weighted by Crippen LogP contribution is -2.27. The molecule has 34 heavy (non-hydrogen) atoms. The third-order valence-electron chi connectivity index (χ3n) is 5.55. The first kappa shape index (κ1) is 23.4. The Hall–Kier alpha value is -2.32. The molecule has 1 fully saturated rings. The minimum Gasteiger partial charge on any atom is -0.342 e. The highest BCUT2D eigenvalue weighted by molar-refractivity contribution is 9.10. The fraction of sp³-hybridized carbons (Fsp3) is 0.0769. The Labute approximate surface area is 222 Å². The van der Waals surface area contributed by atoms with Crippen LogP contribution in [0.25, 0.3) is 17.0 Å². The second-order valence-electron chi connectivity index (χ2n) is 7.89. The van der Waals surface area contributed by atoms with E-state index in [9.17, 15) is 9.59 Å². The van der Waals surface area contributed by atoms with Crippen LogP contribution in [-0.4, -0.2) is 20.6 Å². The Bertz CT molecular complexity index is 1450. The van der Waals surface area contributed by atoms with Crippen molar-refractivity contribution in [2.24, 2.45) is 0 Å². The molecule has 0 unspecified atom stereocenters. The number of carbonyl (C=O) groups is 2. The Kier molecular flexibility index (Phi) is 6.71. The predicted molar refractivity (Wildman–Crippen MR) is 146 cm³/mol. The van der Waals surface area contributed by atoms with Gasteiger partial charge in [-0.25, -0.2) is 0 Å². The number of benzene rings is 3. The summed E-state index contributed by atoms with van der Waals surface area (Å²) in [5, 5.41) is 1.35.